The molecule has 0 aromatic heterocycles. The van der Waals surface area contributed by atoms with E-state index in [9.17, 15) is 23.3 Å². The number of nitrogens with zero attached hydrogens (tertiary/aromatic N) is 3. The largest absolute Gasteiger partial charge is 0.497 e. The normalized spacial score (nSPS) is 10.8. The number of rotatable bonds is 13. The zero-order valence-electron chi connectivity index (χ0n) is 23.5. The van der Waals surface area contributed by atoms with Crippen LogP contribution in [-0.2, 0) is 27.7 Å². The lowest BCUT2D eigenvalue weighted by Crippen LogP contribution is -2.40. The molecule has 0 saturated carbocycles. The number of para-hydroxylation sites is 1. The van der Waals surface area contributed by atoms with E-state index in [1.807, 2.05) is 60.7 Å². The molecule has 4 aromatic carbocycles. The van der Waals surface area contributed by atoms with Crippen LogP contribution in [0.1, 0.15) is 11.1 Å². The molecule has 0 aliphatic rings. The first kappa shape index (κ1) is 30.7. The average Bonchev–Trinajstić information content (AvgIpc) is 3.03. The van der Waals surface area contributed by atoms with Gasteiger partial charge in [0.15, 0.2) is 4.90 Å². The van der Waals surface area contributed by atoms with Crippen molar-refractivity contribution >= 4 is 33.0 Å². The summed E-state index contributed by atoms with van der Waals surface area (Å²) in [4.78, 5) is 23.7. The number of hydrogen-bond donors (Lipinski definition) is 1. The molecule has 0 unspecified atom stereocenters. The van der Waals surface area contributed by atoms with Crippen LogP contribution in [0.15, 0.2) is 113 Å². The second-order valence-corrected chi connectivity index (χ2v) is 11.1. The van der Waals surface area contributed by atoms with Gasteiger partial charge in [-0.25, -0.2) is 13.8 Å². The monoisotopic (exact) mass is 602 g/mol. The summed E-state index contributed by atoms with van der Waals surface area (Å²) in [6, 6.07) is 28.5. The number of nitro benzene ring substituents is 1. The van der Waals surface area contributed by atoms with Gasteiger partial charge in [-0.2, -0.15) is 5.10 Å². The Bertz CT molecular complexity index is 1670. The average molecular weight is 603 g/mol. The topological polar surface area (TPSA) is 140 Å². The van der Waals surface area contributed by atoms with Gasteiger partial charge in [-0.15, -0.1) is 0 Å². The van der Waals surface area contributed by atoms with Crippen LogP contribution >= 0.6 is 0 Å². The SMILES string of the molecule is COc1ccc(N(CC(=O)NN=C(Cc2ccccc2)Cc2ccccc2)S(=O)(=O)c2ccccc2[N+](=O)[O-])c(OC)c1. The molecule has 11 nitrogen and oxygen atoms in total. The Labute approximate surface area is 249 Å². The Kier molecular flexibility index (Phi) is 10.1. The van der Waals surface area contributed by atoms with Crippen molar-refractivity contribution in [1.82, 2.24) is 5.43 Å². The van der Waals surface area contributed by atoms with Gasteiger partial charge < -0.3 is 9.47 Å². The maximum Gasteiger partial charge on any atom is 0.289 e. The molecule has 0 bridgehead atoms. The highest BCUT2D eigenvalue weighted by atomic mass is 32.2. The second-order valence-electron chi connectivity index (χ2n) is 9.31. The fraction of sp³-hybridized carbons (Fsp3) is 0.161. The molecular formula is C31H30N4O7S. The summed E-state index contributed by atoms with van der Waals surface area (Å²) in [6.45, 7) is -0.746. The van der Waals surface area contributed by atoms with Gasteiger partial charge in [0.05, 0.1) is 24.8 Å². The number of amides is 1. The number of nitro groups is 1. The van der Waals surface area contributed by atoms with E-state index < -0.39 is 38.0 Å². The molecule has 1 N–H and O–H groups in total. The third-order valence-electron chi connectivity index (χ3n) is 6.41. The number of nitrogens with one attached hydrogen (secondary N) is 1. The number of ether oxygens (including phenoxy) is 2. The second kappa shape index (κ2) is 14.1. The molecule has 0 fully saturated rings. The predicted octanol–water partition coefficient (Wildman–Crippen LogP) is 4.76. The van der Waals surface area contributed by atoms with Crippen molar-refractivity contribution in [1.29, 1.82) is 0 Å². The summed E-state index contributed by atoms with van der Waals surface area (Å²) in [7, 11) is -1.89. The number of methoxy groups -OCH3 is 2. The van der Waals surface area contributed by atoms with Gasteiger partial charge in [-0.3, -0.25) is 19.2 Å². The van der Waals surface area contributed by atoms with Gasteiger partial charge in [0.2, 0.25) is 0 Å². The molecule has 0 aliphatic heterocycles. The van der Waals surface area contributed by atoms with E-state index >= 15 is 0 Å². The fourth-order valence-corrected chi connectivity index (χ4v) is 5.94. The summed E-state index contributed by atoms with van der Waals surface area (Å²) in [5.74, 6) is -0.311. The highest BCUT2D eigenvalue weighted by Crippen LogP contribution is 2.37. The van der Waals surface area contributed by atoms with Crippen LogP contribution in [0.25, 0.3) is 0 Å². The van der Waals surface area contributed by atoms with Gasteiger partial charge in [-0.05, 0) is 29.3 Å². The number of anilines is 1. The maximum atomic E-state index is 14.0. The first-order valence-corrected chi connectivity index (χ1v) is 14.6. The van der Waals surface area contributed by atoms with Crippen LogP contribution in [0.3, 0.4) is 0 Å². The molecule has 4 aromatic rings. The van der Waals surface area contributed by atoms with Crippen LogP contribution in [0.4, 0.5) is 11.4 Å². The van der Waals surface area contributed by atoms with Gasteiger partial charge in [0.1, 0.15) is 18.0 Å². The van der Waals surface area contributed by atoms with Crippen LogP contribution in [-0.4, -0.2) is 45.7 Å². The molecule has 43 heavy (non-hydrogen) atoms. The van der Waals surface area contributed by atoms with E-state index in [1.165, 1.54) is 44.6 Å². The van der Waals surface area contributed by atoms with Crippen molar-refractivity contribution in [2.75, 3.05) is 25.1 Å². The lowest BCUT2D eigenvalue weighted by molar-refractivity contribution is -0.387. The van der Waals surface area contributed by atoms with E-state index in [2.05, 4.69) is 10.5 Å². The summed E-state index contributed by atoms with van der Waals surface area (Å²) < 4.78 is 39.3. The number of benzene rings is 4. The first-order valence-electron chi connectivity index (χ1n) is 13.1. The molecule has 0 radical (unpaired) electrons. The van der Waals surface area contributed by atoms with Gasteiger partial charge in [0.25, 0.3) is 21.6 Å². The highest BCUT2D eigenvalue weighted by Gasteiger charge is 2.34. The van der Waals surface area contributed by atoms with E-state index in [0.717, 1.165) is 27.6 Å². The van der Waals surface area contributed by atoms with Crippen molar-refractivity contribution in [2.24, 2.45) is 5.10 Å². The van der Waals surface area contributed by atoms with E-state index in [-0.39, 0.29) is 11.4 Å². The smallest absolute Gasteiger partial charge is 0.289 e. The number of hydrazone groups is 1. The minimum absolute atomic E-state index is 0.0191. The molecule has 0 saturated heterocycles. The Morgan fingerprint density at radius 3 is 2.00 bits per heavy atom. The summed E-state index contributed by atoms with van der Waals surface area (Å²) >= 11 is 0. The number of carbonyl (C=O) groups is 1. The van der Waals surface area contributed by atoms with Gasteiger partial charge in [0, 0.05) is 30.7 Å². The number of carbonyl (C=O) groups excluding carboxylic acids is 1. The number of sulfonamides is 1. The van der Waals surface area contributed by atoms with Crippen molar-refractivity contribution in [3.63, 3.8) is 0 Å². The van der Waals surface area contributed by atoms with Gasteiger partial charge >= 0.3 is 0 Å². The molecule has 12 heteroatoms. The maximum absolute atomic E-state index is 14.0. The Hall–Kier alpha value is -5.23. The molecule has 0 spiro atoms. The summed E-state index contributed by atoms with van der Waals surface area (Å²) in [5, 5.41) is 16.1. The molecule has 4 rings (SSSR count). The quantitative estimate of drug-likeness (QED) is 0.132. The van der Waals surface area contributed by atoms with Crippen LogP contribution < -0.4 is 19.2 Å². The molecule has 222 valence electrons. The van der Waals surface area contributed by atoms with Crippen LogP contribution in [0.2, 0.25) is 0 Å². The Balaban J connectivity index is 1.70. The highest BCUT2D eigenvalue weighted by molar-refractivity contribution is 7.93. The third kappa shape index (κ3) is 7.74. The van der Waals surface area contributed by atoms with Crippen LogP contribution in [0, 0.1) is 10.1 Å². The Morgan fingerprint density at radius 1 is 0.860 bits per heavy atom. The van der Waals surface area contributed by atoms with E-state index in [0.29, 0.717) is 24.3 Å². The minimum Gasteiger partial charge on any atom is -0.497 e. The van der Waals surface area contributed by atoms with Crippen molar-refractivity contribution < 1.29 is 27.6 Å². The molecular weight excluding hydrogens is 572 g/mol. The Morgan fingerprint density at radius 2 is 1.44 bits per heavy atom. The zero-order chi connectivity index (χ0) is 30.8. The summed E-state index contributed by atoms with van der Waals surface area (Å²) in [6.07, 6.45) is 0.890. The molecule has 1 amide bonds. The predicted molar refractivity (Wildman–Crippen MR) is 163 cm³/mol. The first-order chi connectivity index (χ1) is 20.7. The minimum atomic E-state index is -4.65. The van der Waals surface area contributed by atoms with E-state index in [1.54, 1.807) is 0 Å². The van der Waals surface area contributed by atoms with Crippen molar-refractivity contribution in [2.45, 2.75) is 17.7 Å². The van der Waals surface area contributed by atoms with Crippen LogP contribution in [0.5, 0.6) is 11.5 Å². The standard InChI is InChI=1S/C31H30N4O7S/c1-41-26-17-18-27(29(21-26)42-2)34(43(39,40)30-16-10-9-15-28(30)35(37)38)22-31(36)33-32-25(19-23-11-5-3-6-12-23)20-24-13-7-4-8-14-24/h3-18,21H,19-20,22H2,1-2H3,(H,33,36). The molecule has 0 heterocycles. The third-order valence-corrected chi connectivity index (χ3v) is 8.22. The van der Waals surface area contributed by atoms with E-state index in [4.69, 9.17) is 9.47 Å². The van der Waals surface area contributed by atoms with Crippen molar-refractivity contribution in [3.8, 4) is 11.5 Å². The fourth-order valence-electron chi connectivity index (χ4n) is 4.35. The lowest BCUT2D eigenvalue weighted by atomic mass is 10.0. The molecule has 0 atom stereocenters. The lowest BCUT2D eigenvalue weighted by Gasteiger charge is -2.25. The van der Waals surface area contributed by atoms with Gasteiger partial charge in [-0.1, -0.05) is 72.8 Å². The van der Waals surface area contributed by atoms with Crippen molar-refractivity contribution in [3.05, 3.63) is 124 Å². The summed E-state index contributed by atoms with van der Waals surface area (Å²) in [5.41, 5.74) is 4.44. The molecule has 0 aliphatic carbocycles. The number of hydrogen-bond acceptors (Lipinski definition) is 8. The zero-order valence-corrected chi connectivity index (χ0v) is 24.4.